The van der Waals surface area contributed by atoms with Crippen molar-refractivity contribution < 1.29 is 5.11 Å². The summed E-state index contributed by atoms with van der Waals surface area (Å²) in [5.74, 6) is 4.02. The van der Waals surface area contributed by atoms with E-state index < -0.39 is 0 Å². The van der Waals surface area contributed by atoms with Crippen molar-refractivity contribution in [1.82, 2.24) is 0 Å². The first-order chi connectivity index (χ1) is 14.9. The average molecular weight is 441 g/mol. The Morgan fingerprint density at radius 3 is 2.19 bits per heavy atom. The smallest absolute Gasteiger partial charge is 0.0594 e. The van der Waals surface area contributed by atoms with Crippen molar-refractivity contribution in [3.8, 4) is 0 Å². The van der Waals surface area contributed by atoms with Gasteiger partial charge in [-0.3, -0.25) is 0 Å². The molecule has 1 nitrogen and oxygen atoms in total. The van der Waals surface area contributed by atoms with Crippen LogP contribution in [0.3, 0.4) is 0 Å². The van der Waals surface area contributed by atoms with Crippen LogP contribution in [0.4, 0.5) is 0 Å². The standard InChI is InChI=1S/C31H52O/c1-20(2)21(3)9-10-22(4)23-13-15-29(8)25-12-11-24-27(5,6)26(32)14-16-30(24)19-31(25,30)18-17-28(23,29)7/h20,22-26,32H,3,9-19H2,1-2,4-8H3/t22-,23-,24+,25+,26?,28-,29+,30-,31-/m1/s1. The Morgan fingerprint density at radius 2 is 1.50 bits per heavy atom. The molecule has 5 aliphatic carbocycles. The molecule has 5 fully saturated rings. The third kappa shape index (κ3) is 2.73. The SMILES string of the molecule is C=C(CC[C@@H](C)[C@H]1CC[C@@]2(C)[C@@H]3CC[C@H]4C(C)(C)C(O)CC[C@@]45C[C@]35CC[C@]12C)C(C)C. The number of aliphatic hydroxyl groups excluding tert-OH is 1. The van der Waals surface area contributed by atoms with Crippen molar-refractivity contribution in [2.24, 2.45) is 56.7 Å². The topological polar surface area (TPSA) is 20.2 Å². The van der Waals surface area contributed by atoms with Gasteiger partial charge >= 0.3 is 0 Å². The summed E-state index contributed by atoms with van der Waals surface area (Å²) in [5.41, 5.74) is 3.79. The second kappa shape index (κ2) is 7.11. The van der Waals surface area contributed by atoms with E-state index in [0.717, 1.165) is 30.1 Å². The van der Waals surface area contributed by atoms with Gasteiger partial charge in [0.1, 0.15) is 0 Å². The molecule has 0 heterocycles. The van der Waals surface area contributed by atoms with Gasteiger partial charge in [-0.1, -0.05) is 60.6 Å². The van der Waals surface area contributed by atoms with Gasteiger partial charge in [0.25, 0.3) is 0 Å². The molecule has 5 aliphatic rings. The number of rotatable bonds is 5. The summed E-state index contributed by atoms with van der Waals surface area (Å²) in [6, 6.07) is 0. The lowest BCUT2D eigenvalue weighted by Gasteiger charge is -2.63. The van der Waals surface area contributed by atoms with Gasteiger partial charge in [0, 0.05) is 0 Å². The number of fused-ring (bicyclic) bond motifs is 2. The Labute approximate surface area is 199 Å². The van der Waals surface area contributed by atoms with E-state index in [-0.39, 0.29) is 11.5 Å². The molecule has 0 radical (unpaired) electrons. The second-order valence-corrected chi connectivity index (χ2v) is 14.9. The van der Waals surface area contributed by atoms with Gasteiger partial charge < -0.3 is 5.11 Å². The average Bonchev–Trinajstić information content (AvgIpc) is 3.31. The van der Waals surface area contributed by atoms with E-state index in [1.807, 2.05) is 0 Å². The molecule has 182 valence electrons. The van der Waals surface area contributed by atoms with Gasteiger partial charge in [0.2, 0.25) is 0 Å². The molecule has 0 aromatic heterocycles. The van der Waals surface area contributed by atoms with Crippen LogP contribution < -0.4 is 0 Å². The van der Waals surface area contributed by atoms with Gasteiger partial charge in [-0.05, 0) is 127 Å². The summed E-state index contributed by atoms with van der Waals surface area (Å²) in [6.07, 6.45) is 15.0. The van der Waals surface area contributed by atoms with Gasteiger partial charge in [-0.25, -0.2) is 0 Å². The molecule has 5 saturated carbocycles. The first kappa shape index (κ1) is 23.4. The molecule has 0 amide bonds. The normalized spacial score (nSPS) is 51.9. The van der Waals surface area contributed by atoms with Gasteiger partial charge in [-0.15, -0.1) is 0 Å². The van der Waals surface area contributed by atoms with Crippen molar-refractivity contribution >= 4 is 0 Å². The minimum atomic E-state index is -0.0888. The molecular weight excluding hydrogens is 388 g/mol. The number of hydrogen-bond donors (Lipinski definition) is 1. The first-order valence-corrected chi connectivity index (χ1v) is 14.2. The maximum atomic E-state index is 10.9. The Hall–Kier alpha value is -0.300. The maximum absolute atomic E-state index is 10.9. The molecule has 1 N–H and O–H groups in total. The van der Waals surface area contributed by atoms with E-state index in [2.05, 4.69) is 55.0 Å². The Bertz CT molecular complexity index is 779. The third-order valence-electron chi connectivity index (χ3n) is 13.6. The minimum absolute atomic E-state index is 0.0888. The van der Waals surface area contributed by atoms with E-state index in [4.69, 9.17) is 0 Å². The number of aliphatic hydroxyl groups is 1. The minimum Gasteiger partial charge on any atom is -0.393 e. The highest BCUT2D eigenvalue weighted by Crippen LogP contribution is 2.89. The summed E-state index contributed by atoms with van der Waals surface area (Å²) < 4.78 is 0. The number of hydrogen-bond acceptors (Lipinski definition) is 1. The molecular formula is C31H52O. The van der Waals surface area contributed by atoms with Crippen LogP contribution in [0.5, 0.6) is 0 Å². The van der Waals surface area contributed by atoms with Crippen molar-refractivity contribution in [2.45, 2.75) is 125 Å². The molecule has 9 atom stereocenters. The second-order valence-electron chi connectivity index (χ2n) is 14.9. The summed E-state index contributed by atoms with van der Waals surface area (Å²) >= 11 is 0. The van der Waals surface area contributed by atoms with Crippen LogP contribution in [-0.4, -0.2) is 11.2 Å². The number of allylic oxidation sites excluding steroid dienone is 1. The Kier molecular flexibility index (Phi) is 5.21. The van der Waals surface area contributed by atoms with Gasteiger partial charge in [0.05, 0.1) is 6.10 Å². The van der Waals surface area contributed by atoms with Crippen LogP contribution in [0.25, 0.3) is 0 Å². The molecule has 2 spiro atoms. The summed E-state index contributed by atoms with van der Waals surface area (Å²) in [5, 5.41) is 10.9. The van der Waals surface area contributed by atoms with E-state index in [1.165, 1.54) is 69.8 Å². The predicted octanol–water partition coefficient (Wildman–Crippen LogP) is 8.41. The van der Waals surface area contributed by atoms with E-state index in [1.54, 1.807) is 0 Å². The van der Waals surface area contributed by atoms with Crippen molar-refractivity contribution in [2.75, 3.05) is 0 Å². The first-order valence-electron chi connectivity index (χ1n) is 14.2. The Morgan fingerprint density at radius 1 is 0.844 bits per heavy atom. The molecule has 0 aromatic rings. The zero-order chi connectivity index (χ0) is 23.3. The van der Waals surface area contributed by atoms with Crippen molar-refractivity contribution in [1.29, 1.82) is 0 Å². The van der Waals surface area contributed by atoms with Crippen LogP contribution in [0.1, 0.15) is 119 Å². The largest absolute Gasteiger partial charge is 0.393 e. The monoisotopic (exact) mass is 440 g/mol. The molecule has 1 heteroatoms. The molecule has 0 aromatic carbocycles. The fraction of sp³-hybridized carbons (Fsp3) is 0.935. The third-order valence-corrected chi connectivity index (χ3v) is 13.6. The van der Waals surface area contributed by atoms with Gasteiger partial charge in [0.15, 0.2) is 0 Å². The van der Waals surface area contributed by atoms with Crippen LogP contribution >= 0.6 is 0 Å². The van der Waals surface area contributed by atoms with Gasteiger partial charge in [-0.2, -0.15) is 0 Å². The lowest BCUT2D eigenvalue weighted by atomic mass is 9.41. The highest BCUT2D eigenvalue weighted by atomic mass is 16.3. The Balaban J connectivity index is 1.39. The molecule has 0 bridgehead atoms. The zero-order valence-electron chi connectivity index (χ0n) is 22.4. The summed E-state index contributed by atoms with van der Waals surface area (Å²) in [4.78, 5) is 0. The molecule has 32 heavy (non-hydrogen) atoms. The molecule has 0 aliphatic heterocycles. The lowest BCUT2D eigenvalue weighted by Crippen LogP contribution is -2.57. The van der Waals surface area contributed by atoms with Crippen LogP contribution in [-0.2, 0) is 0 Å². The quantitative estimate of drug-likeness (QED) is 0.425. The fourth-order valence-corrected chi connectivity index (χ4v) is 11.2. The summed E-state index contributed by atoms with van der Waals surface area (Å²) in [6.45, 7) is 21.8. The predicted molar refractivity (Wildman–Crippen MR) is 135 cm³/mol. The maximum Gasteiger partial charge on any atom is 0.0594 e. The van der Waals surface area contributed by atoms with Crippen molar-refractivity contribution in [3.63, 3.8) is 0 Å². The zero-order valence-corrected chi connectivity index (χ0v) is 22.4. The van der Waals surface area contributed by atoms with Crippen LogP contribution in [0.15, 0.2) is 12.2 Å². The summed E-state index contributed by atoms with van der Waals surface area (Å²) in [7, 11) is 0. The lowest BCUT2D eigenvalue weighted by molar-refractivity contribution is -0.161. The molecule has 0 saturated heterocycles. The van der Waals surface area contributed by atoms with E-state index in [0.29, 0.717) is 27.6 Å². The molecule has 5 rings (SSSR count). The van der Waals surface area contributed by atoms with E-state index >= 15 is 0 Å². The van der Waals surface area contributed by atoms with Crippen LogP contribution in [0, 0.1) is 56.7 Å². The van der Waals surface area contributed by atoms with Crippen LogP contribution in [0.2, 0.25) is 0 Å². The molecule has 1 unspecified atom stereocenters. The van der Waals surface area contributed by atoms with Crippen molar-refractivity contribution in [3.05, 3.63) is 12.2 Å². The van der Waals surface area contributed by atoms with E-state index in [9.17, 15) is 5.11 Å². The highest BCUT2D eigenvalue weighted by Gasteiger charge is 2.82. The highest BCUT2D eigenvalue weighted by molar-refractivity contribution is 5.30. The fourth-order valence-electron chi connectivity index (χ4n) is 11.2.